The van der Waals surface area contributed by atoms with E-state index in [0.717, 1.165) is 19.4 Å². The highest BCUT2D eigenvalue weighted by atomic mass is 16.5. The van der Waals surface area contributed by atoms with Gasteiger partial charge in [-0.15, -0.1) is 0 Å². The van der Waals surface area contributed by atoms with E-state index >= 15 is 0 Å². The number of hydrogen-bond acceptors (Lipinski definition) is 3. The van der Waals surface area contributed by atoms with E-state index in [0.29, 0.717) is 19.3 Å². The third kappa shape index (κ3) is 3.72. The summed E-state index contributed by atoms with van der Waals surface area (Å²) in [6, 6.07) is 9.14. The Morgan fingerprint density at radius 3 is 2.94 bits per heavy atom. The third-order valence-corrected chi connectivity index (χ3v) is 3.12. The van der Waals surface area contributed by atoms with Crippen LogP contribution in [-0.4, -0.2) is 33.0 Å². The van der Waals surface area contributed by atoms with E-state index in [9.17, 15) is 0 Å². The number of benzene rings is 1. The van der Waals surface area contributed by atoms with Gasteiger partial charge in [-0.25, -0.2) is 0 Å². The van der Waals surface area contributed by atoms with Gasteiger partial charge >= 0.3 is 0 Å². The van der Waals surface area contributed by atoms with Crippen LogP contribution in [-0.2, 0) is 15.9 Å². The zero-order valence-electron chi connectivity index (χ0n) is 10.4. The van der Waals surface area contributed by atoms with Crippen molar-refractivity contribution >= 4 is 5.69 Å². The maximum atomic E-state index is 5.46. The lowest BCUT2D eigenvalue weighted by atomic mass is 10.1. The van der Waals surface area contributed by atoms with Crippen LogP contribution in [0.25, 0.3) is 0 Å². The van der Waals surface area contributed by atoms with Crippen LogP contribution >= 0.6 is 0 Å². The van der Waals surface area contributed by atoms with Crippen LogP contribution in [0.5, 0.6) is 0 Å². The first-order valence-electron chi connectivity index (χ1n) is 6.31. The molecule has 0 aromatic heterocycles. The molecule has 3 nitrogen and oxygen atoms in total. The molecule has 0 saturated heterocycles. The van der Waals surface area contributed by atoms with Gasteiger partial charge in [-0.1, -0.05) is 18.2 Å². The van der Waals surface area contributed by atoms with Crippen molar-refractivity contribution in [2.24, 2.45) is 0 Å². The topological polar surface area (TPSA) is 30.5 Å². The lowest BCUT2D eigenvalue weighted by Gasteiger charge is -2.11. The summed E-state index contributed by atoms with van der Waals surface area (Å²) >= 11 is 0. The monoisotopic (exact) mass is 235 g/mol. The maximum Gasteiger partial charge on any atom is 0.0700 e. The Labute approximate surface area is 103 Å². The molecule has 2 rings (SSSR count). The smallest absolute Gasteiger partial charge is 0.0700 e. The van der Waals surface area contributed by atoms with Gasteiger partial charge in [0.05, 0.1) is 13.2 Å². The van der Waals surface area contributed by atoms with Crippen molar-refractivity contribution in [1.82, 2.24) is 0 Å². The summed E-state index contributed by atoms with van der Waals surface area (Å²) < 4.78 is 10.4. The summed E-state index contributed by atoms with van der Waals surface area (Å²) in [5, 5.41) is 3.56. The largest absolute Gasteiger partial charge is 0.382 e. The van der Waals surface area contributed by atoms with Crippen LogP contribution in [0, 0.1) is 0 Å². The van der Waals surface area contributed by atoms with Crippen LogP contribution in [0.4, 0.5) is 5.69 Å². The van der Waals surface area contributed by atoms with Gasteiger partial charge in [0.15, 0.2) is 0 Å². The maximum absolute atomic E-state index is 5.46. The van der Waals surface area contributed by atoms with E-state index in [1.807, 2.05) is 0 Å². The number of para-hydroxylation sites is 1. The fourth-order valence-corrected chi connectivity index (χ4v) is 2.23. The van der Waals surface area contributed by atoms with E-state index in [-0.39, 0.29) is 0 Å². The van der Waals surface area contributed by atoms with E-state index in [1.54, 1.807) is 7.11 Å². The molecule has 94 valence electrons. The van der Waals surface area contributed by atoms with Crippen LogP contribution in [0.2, 0.25) is 0 Å². The van der Waals surface area contributed by atoms with Crippen LogP contribution in [0.3, 0.4) is 0 Å². The van der Waals surface area contributed by atoms with Crippen molar-refractivity contribution in [3.05, 3.63) is 29.8 Å². The van der Waals surface area contributed by atoms with E-state index < -0.39 is 0 Å². The number of nitrogens with one attached hydrogen (secondary N) is 1. The van der Waals surface area contributed by atoms with Gasteiger partial charge in [-0.3, -0.25) is 0 Å². The Hall–Kier alpha value is -1.06. The second-order valence-corrected chi connectivity index (χ2v) is 4.45. The summed E-state index contributed by atoms with van der Waals surface area (Å²) in [6.07, 6.45) is 3.42. The number of anilines is 1. The molecule has 1 heterocycles. The SMILES string of the molecule is COCCOCCCC1Cc2ccccc2N1. The second-order valence-electron chi connectivity index (χ2n) is 4.45. The Morgan fingerprint density at radius 2 is 2.12 bits per heavy atom. The number of rotatable bonds is 7. The summed E-state index contributed by atoms with van der Waals surface area (Å²) in [4.78, 5) is 0. The molecule has 0 amide bonds. The standard InChI is InChI=1S/C14H21NO2/c1-16-9-10-17-8-4-6-13-11-12-5-2-3-7-14(12)15-13/h2-3,5,7,13,15H,4,6,8-11H2,1H3. The van der Waals surface area contributed by atoms with E-state index in [4.69, 9.17) is 9.47 Å². The Morgan fingerprint density at radius 1 is 1.24 bits per heavy atom. The highest BCUT2D eigenvalue weighted by Crippen LogP contribution is 2.26. The number of fused-ring (bicyclic) bond motifs is 1. The van der Waals surface area contributed by atoms with Gasteiger partial charge in [0, 0.05) is 25.4 Å². The molecule has 1 N–H and O–H groups in total. The molecule has 1 unspecified atom stereocenters. The van der Waals surface area contributed by atoms with Gasteiger partial charge in [-0.2, -0.15) is 0 Å². The van der Waals surface area contributed by atoms with Gasteiger partial charge in [-0.05, 0) is 30.9 Å². The zero-order valence-corrected chi connectivity index (χ0v) is 10.4. The van der Waals surface area contributed by atoms with Crippen molar-refractivity contribution in [1.29, 1.82) is 0 Å². The minimum Gasteiger partial charge on any atom is -0.382 e. The first kappa shape index (κ1) is 12.4. The lowest BCUT2D eigenvalue weighted by Crippen LogP contribution is -2.16. The highest BCUT2D eigenvalue weighted by Gasteiger charge is 2.18. The Bertz CT molecular complexity index is 316. The van der Waals surface area contributed by atoms with Crippen molar-refractivity contribution < 1.29 is 9.47 Å². The first-order valence-corrected chi connectivity index (χ1v) is 6.31. The summed E-state index contributed by atoms with van der Waals surface area (Å²) in [5.41, 5.74) is 2.75. The second kappa shape index (κ2) is 6.62. The summed E-state index contributed by atoms with van der Waals surface area (Å²) in [6.45, 7) is 2.22. The minimum atomic E-state index is 0.582. The van der Waals surface area contributed by atoms with Gasteiger partial charge in [0.25, 0.3) is 0 Å². The fourth-order valence-electron chi connectivity index (χ4n) is 2.23. The Balaban J connectivity index is 1.60. The molecule has 0 saturated carbocycles. The van der Waals surface area contributed by atoms with Crippen LogP contribution in [0.15, 0.2) is 24.3 Å². The molecule has 1 aromatic rings. The van der Waals surface area contributed by atoms with Gasteiger partial charge in [0.2, 0.25) is 0 Å². The molecule has 0 bridgehead atoms. The predicted octanol–water partition coefficient (Wildman–Crippen LogP) is 2.47. The van der Waals surface area contributed by atoms with Crippen molar-refractivity contribution in [3.8, 4) is 0 Å². The van der Waals surface area contributed by atoms with Crippen molar-refractivity contribution in [2.45, 2.75) is 25.3 Å². The fraction of sp³-hybridized carbons (Fsp3) is 0.571. The van der Waals surface area contributed by atoms with Gasteiger partial charge < -0.3 is 14.8 Å². The zero-order chi connectivity index (χ0) is 11.9. The quantitative estimate of drug-likeness (QED) is 0.736. The normalized spacial score (nSPS) is 17.8. The molecule has 1 aliphatic rings. The Kier molecular flexibility index (Phi) is 4.83. The number of ether oxygens (including phenoxy) is 2. The molecule has 0 spiro atoms. The molecular formula is C14H21NO2. The van der Waals surface area contributed by atoms with E-state index in [2.05, 4.69) is 29.6 Å². The van der Waals surface area contributed by atoms with Crippen LogP contribution in [0.1, 0.15) is 18.4 Å². The highest BCUT2D eigenvalue weighted by molar-refractivity contribution is 5.56. The first-order chi connectivity index (χ1) is 8.40. The van der Waals surface area contributed by atoms with Crippen LogP contribution < -0.4 is 5.32 Å². The van der Waals surface area contributed by atoms with Gasteiger partial charge in [0.1, 0.15) is 0 Å². The summed E-state index contributed by atoms with van der Waals surface area (Å²) in [7, 11) is 1.70. The number of hydrogen-bond donors (Lipinski definition) is 1. The molecule has 0 radical (unpaired) electrons. The molecule has 1 atom stereocenters. The summed E-state index contributed by atoms with van der Waals surface area (Å²) in [5.74, 6) is 0. The molecule has 1 aromatic carbocycles. The molecule has 0 aliphatic carbocycles. The minimum absolute atomic E-state index is 0.582. The van der Waals surface area contributed by atoms with Crippen molar-refractivity contribution in [3.63, 3.8) is 0 Å². The lowest BCUT2D eigenvalue weighted by molar-refractivity contribution is 0.0684. The predicted molar refractivity (Wildman–Crippen MR) is 69.5 cm³/mol. The average Bonchev–Trinajstić information content (AvgIpc) is 2.76. The molecule has 0 fully saturated rings. The number of methoxy groups -OCH3 is 1. The molecule has 1 aliphatic heterocycles. The molecular weight excluding hydrogens is 214 g/mol. The van der Waals surface area contributed by atoms with Crippen molar-refractivity contribution in [2.75, 3.05) is 32.2 Å². The van der Waals surface area contributed by atoms with E-state index in [1.165, 1.54) is 17.7 Å². The average molecular weight is 235 g/mol. The third-order valence-electron chi connectivity index (χ3n) is 3.12. The molecule has 17 heavy (non-hydrogen) atoms. The molecule has 3 heteroatoms.